The largest absolute Gasteiger partial charge is 0.419 e. The number of hydrogen-bond donors (Lipinski definition) is 0. The lowest BCUT2D eigenvalue weighted by atomic mass is 10.1. The molecule has 0 spiro atoms. The Morgan fingerprint density at radius 1 is 1.12 bits per heavy atom. The molecule has 6 heteroatoms. The molecule has 1 fully saturated rings. The molecule has 0 aliphatic carbocycles. The Balaban J connectivity index is 1.43. The van der Waals surface area contributed by atoms with E-state index in [4.69, 9.17) is 4.42 Å². The quantitative estimate of drug-likeness (QED) is 0.715. The van der Waals surface area contributed by atoms with Crippen molar-refractivity contribution in [1.29, 1.82) is 0 Å². The van der Waals surface area contributed by atoms with E-state index in [0.717, 1.165) is 18.7 Å². The van der Waals surface area contributed by atoms with Crippen LogP contribution in [0.2, 0.25) is 0 Å². The van der Waals surface area contributed by atoms with Crippen molar-refractivity contribution in [1.82, 2.24) is 24.9 Å². The van der Waals surface area contributed by atoms with Crippen LogP contribution in [0.5, 0.6) is 0 Å². The van der Waals surface area contributed by atoms with Gasteiger partial charge in [-0.3, -0.25) is 9.58 Å². The Morgan fingerprint density at radius 3 is 2.72 bits per heavy atom. The van der Waals surface area contributed by atoms with Crippen molar-refractivity contribution in [2.24, 2.45) is 0 Å². The molecule has 0 unspecified atom stereocenters. The Bertz CT molecular complexity index is 836. The molecule has 25 heavy (non-hydrogen) atoms. The Labute approximate surface area is 147 Å². The number of hydrogen-bond acceptors (Lipinski definition) is 5. The first-order valence-electron chi connectivity index (χ1n) is 8.80. The summed E-state index contributed by atoms with van der Waals surface area (Å²) in [4.78, 5) is 2.42. The van der Waals surface area contributed by atoms with Crippen LogP contribution in [0.4, 0.5) is 0 Å². The minimum absolute atomic E-state index is 0.467. The van der Waals surface area contributed by atoms with Crippen molar-refractivity contribution >= 4 is 0 Å². The van der Waals surface area contributed by atoms with Crippen LogP contribution in [-0.4, -0.2) is 37.5 Å². The van der Waals surface area contributed by atoms with Gasteiger partial charge in [-0.2, -0.15) is 5.10 Å². The molecule has 1 aromatic carbocycles. The second-order valence-corrected chi connectivity index (χ2v) is 6.87. The SMILES string of the molecule is Cc1ccc(-c2nnc(CN3CCC[C@@H]3Cn3cc(C)cn3)o2)cc1. The average Bonchev–Trinajstić information content (AvgIpc) is 3.32. The van der Waals surface area contributed by atoms with E-state index in [2.05, 4.69) is 52.4 Å². The highest BCUT2D eigenvalue weighted by Crippen LogP contribution is 2.23. The normalized spacial score (nSPS) is 18.1. The van der Waals surface area contributed by atoms with Crippen LogP contribution in [0.15, 0.2) is 41.1 Å². The summed E-state index contributed by atoms with van der Waals surface area (Å²) in [5.41, 5.74) is 3.38. The fourth-order valence-corrected chi connectivity index (χ4v) is 3.40. The van der Waals surface area contributed by atoms with Gasteiger partial charge in [-0.1, -0.05) is 17.7 Å². The smallest absolute Gasteiger partial charge is 0.247 e. The van der Waals surface area contributed by atoms with Crippen LogP contribution in [0.3, 0.4) is 0 Å². The number of aromatic nitrogens is 4. The first-order chi connectivity index (χ1) is 12.2. The van der Waals surface area contributed by atoms with Crippen molar-refractivity contribution in [2.75, 3.05) is 6.54 Å². The van der Waals surface area contributed by atoms with Gasteiger partial charge >= 0.3 is 0 Å². The molecule has 6 nitrogen and oxygen atoms in total. The highest BCUT2D eigenvalue weighted by atomic mass is 16.4. The van der Waals surface area contributed by atoms with E-state index < -0.39 is 0 Å². The Kier molecular flexibility index (Phi) is 4.36. The fraction of sp³-hybridized carbons (Fsp3) is 0.421. The summed E-state index contributed by atoms with van der Waals surface area (Å²) in [5.74, 6) is 1.27. The van der Waals surface area contributed by atoms with Crippen LogP contribution in [0, 0.1) is 13.8 Å². The highest BCUT2D eigenvalue weighted by molar-refractivity contribution is 5.52. The van der Waals surface area contributed by atoms with Gasteiger partial charge in [0.15, 0.2) is 0 Å². The zero-order valence-corrected chi connectivity index (χ0v) is 14.7. The minimum atomic E-state index is 0.467. The van der Waals surface area contributed by atoms with Crippen LogP contribution in [-0.2, 0) is 13.1 Å². The van der Waals surface area contributed by atoms with Gasteiger partial charge in [0.1, 0.15) is 0 Å². The summed E-state index contributed by atoms with van der Waals surface area (Å²) < 4.78 is 7.92. The van der Waals surface area contributed by atoms with E-state index in [1.165, 1.54) is 24.0 Å². The predicted molar refractivity (Wildman–Crippen MR) is 94.9 cm³/mol. The molecule has 1 aliphatic heterocycles. The van der Waals surface area contributed by atoms with E-state index in [-0.39, 0.29) is 0 Å². The lowest BCUT2D eigenvalue weighted by Crippen LogP contribution is -2.32. The van der Waals surface area contributed by atoms with Crippen molar-refractivity contribution in [3.05, 3.63) is 53.7 Å². The third-order valence-electron chi connectivity index (χ3n) is 4.76. The Hall–Kier alpha value is -2.47. The fourth-order valence-electron chi connectivity index (χ4n) is 3.40. The maximum atomic E-state index is 5.89. The molecule has 0 saturated carbocycles. The van der Waals surface area contributed by atoms with Gasteiger partial charge in [0.25, 0.3) is 0 Å². The number of likely N-dealkylation sites (tertiary alicyclic amines) is 1. The van der Waals surface area contributed by atoms with Crippen molar-refractivity contribution in [2.45, 2.75) is 45.8 Å². The van der Waals surface area contributed by atoms with Gasteiger partial charge in [0.05, 0.1) is 19.3 Å². The van der Waals surface area contributed by atoms with Crippen LogP contribution in [0.1, 0.15) is 29.9 Å². The van der Waals surface area contributed by atoms with Crippen molar-refractivity contribution in [3.8, 4) is 11.5 Å². The summed E-state index contributed by atoms with van der Waals surface area (Å²) in [5, 5.41) is 12.9. The molecule has 0 bridgehead atoms. The second-order valence-electron chi connectivity index (χ2n) is 6.87. The van der Waals surface area contributed by atoms with E-state index in [9.17, 15) is 0 Å². The van der Waals surface area contributed by atoms with Gasteiger partial charge in [-0.05, 0) is 50.9 Å². The Morgan fingerprint density at radius 2 is 1.96 bits per heavy atom. The lowest BCUT2D eigenvalue weighted by molar-refractivity contribution is 0.200. The third-order valence-corrected chi connectivity index (χ3v) is 4.76. The van der Waals surface area contributed by atoms with Gasteiger partial charge in [-0.15, -0.1) is 10.2 Å². The standard InChI is InChI=1S/C19H23N5O/c1-14-5-7-16(8-6-14)19-22-21-18(25-19)13-23-9-3-4-17(23)12-24-11-15(2)10-20-24/h5-8,10-11,17H,3-4,9,12-13H2,1-2H3/t17-/m1/s1. The zero-order chi connectivity index (χ0) is 17.2. The van der Waals surface area contributed by atoms with Crippen LogP contribution < -0.4 is 0 Å². The molecule has 1 saturated heterocycles. The first kappa shape index (κ1) is 16.0. The molecule has 0 amide bonds. The van der Waals surface area contributed by atoms with Gasteiger partial charge in [-0.25, -0.2) is 0 Å². The summed E-state index contributed by atoms with van der Waals surface area (Å²) in [7, 11) is 0. The van der Waals surface area contributed by atoms with Crippen molar-refractivity contribution in [3.63, 3.8) is 0 Å². The maximum Gasteiger partial charge on any atom is 0.247 e. The molecule has 1 aliphatic rings. The van der Waals surface area contributed by atoms with E-state index in [1.807, 2.05) is 23.0 Å². The summed E-state index contributed by atoms with van der Waals surface area (Å²) in [6, 6.07) is 8.62. The molecule has 130 valence electrons. The van der Waals surface area contributed by atoms with Gasteiger partial charge in [0, 0.05) is 17.8 Å². The van der Waals surface area contributed by atoms with Gasteiger partial charge in [0.2, 0.25) is 11.8 Å². The minimum Gasteiger partial charge on any atom is -0.419 e. The molecule has 2 aromatic heterocycles. The molecule has 1 atom stereocenters. The predicted octanol–water partition coefficient (Wildman–Crippen LogP) is 3.21. The molecule has 3 heterocycles. The third kappa shape index (κ3) is 3.64. The summed E-state index contributed by atoms with van der Waals surface area (Å²) in [6.45, 7) is 6.81. The maximum absolute atomic E-state index is 5.89. The molecule has 4 rings (SSSR count). The number of rotatable bonds is 5. The molecule has 0 radical (unpaired) electrons. The van der Waals surface area contributed by atoms with E-state index in [0.29, 0.717) is 24.4 Å². The molecule has 0 N–H and O–H groups in total. The zero-order valence-electron chi connectivity index (χ0n) is 14.7. The number of nitrogens with zero attached hydrogens (tertiary/aromatic N) is 5. The monoisotopic (exact) mass is 337 g/mol. The van der Waals surface area contributed by atoms with Gasteiger partial charge < -0.3 is 4.42 Å². The molecule has 3 aromatic rings. The van der Waals surface area contributed by atoms with Crippen LogP contribution >= 0.6 is 0 Å². The van der Waals surface area contributed by atoms with E-state index >= 15 is 0 Å². The average molecular weight is 337 g/mol. The second kappa shape index (κ2) is 6.80. The molecular formula is C19H23N5O. The molecular weight excluding hydrogens is 314 g/mol. The number of benzene rings is 1. The summed E-state index contributed by atoms with van der Waals surface area (Å²) in [6.07, 6.45) is 6.38. The lowest BCUT2D eigenvalue weighted by Gasteiger charge is -2.22. The van der Waals surface area contributed by atoms with Crippen molar-refractivity contribution < 1.29 is 4.42 Å². The number of aryl methyl sites for hydroxylation is 2. The highest BCUT2D eigenvalue weighted by Gasteiger charge is 2.26. The summed E-state index contributed by atoms with van der Waals surface area (Å²) >= 11 is 0. The first-order valence-corrected chi connectivity index (χ1v) is 8.80. The van der Waals surface area contributed by atoms with Crippen LogP contribution in [0.25, 0.3) is 11.5 Å². The van der Waals surface area contributed by atoms with E-state index in [1.54, 1.807) is 0 Å². The topological polar surface area (TPSA) is 60.0 Å².